The van der Waals surface area contributed by atoms with E-state index in [1.165, 1.54) is 11.3 Å². The first-order valence-corrected chi connectivity index (χ1v) is 4.92. The Bertz CT molecular complexity index is 314. The molecule has 0 amide bonds. The van der Waals surface area contributed by atoms with Crippen molar-refractivity contribution in [2.24, 2.45) is 0 Å². The van der Waals surface area contributed by atoms with Crippen molar-refractivity contribution in [3.05, 3.63) is 17.0 Å². The fourth-order valence-corrected chi connectivity index (χ4v) is 1.69. The maximum absolute atomic E-state index is 10.9. The van der Waals surface area contributed by atoms with Crippen molar-refractivity contribution < 1.29 is 14.3 Å². The van der Waals surface area contributed by atoms with Crippen LogP contribution in [0, 0.1) is 0 Å². The Hall–Kier alpha value is -0.870. The standard InChI is InChI=1S/C9H10O3S/c1-6(10)8-2-3-9(13-8)12-5-7-4-11-7/h2-3,7H,4-5H2,1H3. The van der Waals surface area contributed by atoms with Crippen LogP contribution in [0.15, 0.2) is 12.1 Å². The number of hydrogen-bond acceptors (Lipinski definition) is 4. The molecular weight excluding hydrogens is 188 g/mol. The molecule has 1 aliphatic rings. The van der Waals surface area contributed by atoms with E-state index in [-0.39, 0.29) is 11.9 Å². The van der Waals surface area contributed by atoms with E-state index in [0.717, 1.165) is 16.5 Å². The highest BCUT2D eigenvalue weighted by Gasteiger charge is 2.23. The van der Waals surface area contributed by atoms with Gasteiger partial charge in [-0.2, -0.15) is 0 Å². The molecule has 13 heavy (non-hydrogen) atoms. The van der Waals surface area contributed by atoms with E-state index in [1.54, 1.807) is 13.0 Å². The van der Waals surface area contributed by atoms with Gasteiger partial charge in [-0.3, -0.25) is 4.79 Å². The topological polar surface area (TPSA) is 38.8 Å². The van der Waals surface area contributed by atoms with Gasteiger partial charge < -0.3 is 9.47 Å². The van der Waals surface area contributed by atoms with E-state index in [9.17, 15) is 4.79 Å². The lowest BCUT2D eigenvalue weighted by Gasteiger charge is -1.97. The van der Waals surface area contributed by atoms with Gasteiger partial charge in [0.1, 0.15) is 12.7 Å². The van der Waals surface area contributed by atoms with Gasteiger partial charge in [0, 0.05) is 0 Å². The molecule has 2 heterocycles. The Balaban J connectivity index is 1.92. The molecule has 0 N–H and O–H groups in total. The molecule has 1 unspecified atom stereocenters. The zero-order valence-corrected chi connectivity index (χ0v) is 8.10. The van der Waals surface area contributed by atoms with Gasteiger partial charge in [0.2, 0.25) is 0 Å². The van der Waals surface area contributed by atoms with Crippen LogP contribution >= 0.6 is 11.3 Å². The monoisotopic (exact) mass is 198 g/mol. The van der Waals surface area contributed by atoms with Crippen LogP contribution < -0.4 is 4.74 Å². The summed E-state index contributed by atoms with van der Waals surface area (Å²) in [5.74, 6) is 0.0857. The SMILES string of the molecule is CC(=O)c1ccc(OCC2CO2)s1. The minimum Gasteiger partial charge on any atom is -0.481 e. The minimum atomic E-state index is 0.0857. The lowest BCUT2D eigenvalue weighted by atomic mass is 10.4. The quantitative estimate of drug-likeness (QED) is 0.546. The summed E-state index contributed by atoms with van der Waals surface area (Å²) in [5, 5.41) is 0.792. The lowest BCUT2D eigenvalue weighted by Crippen LogP contribution is -2.02. The van der Waals surface area contributed by atoms with Crippen molar-refractivity contribution in [2.45, 2.75) is 13.0 Å². The number of carbonyl (C=O) groups excluding carboxylic acids is 1. The zero-order valence-electron chi connectivity index (χ0n) is 7.28. The highest BCUT2D eigenvalue weighted by atomic mass is 32.1. The summed E-state index contributed by atoms with van der Waals surface area (Å²) >= 11 is 1.38. The fourth-order valence-electron chi connectivity index (χ4n) is 0.926. The molecule has 0 bridgehead atoms. The third-order valence-electron chi connectivity index (χ3n) is 1.74. The van der Waals surface area contributed by atoms with Gasteiger partial charge in [0.25, 0.3) is 0 Å². The van der Waals surface area contributed by atoms with Gasteiger partial charge in [0.15, 0.2) is 10.8 Å². The Morgan fingerprint density at radius 3 is 3.08 bits per heavy atom. The van der Waals surface area contributed by atoms with Crippen LogP contribution in [-0.4, -0.2) is 25.1 Å². The van der Waals surface area contributed by atoms with Crippen LogP contribution in [0.1, 0.15) is 16.6 Å². The predicted molar refractivity (Wildman–Crippen MR) is 49.6 cm³/mol. The predicted octanol–water partition coefficient (Wildman–Crippen LogP) is 1.73. The average molecular weight is 198 g/mol. The second-order valence-electron chi connectivity index (χ2n) is 2.94. The summed E-state index contributed by atoms with van der Waals surface area (Å²) in [6.45, 7) is 2.95. The summed E-state index contributed by atoms with van der Waals surface area (Å²) < 4.78 is 10.4. The summed E-state index contributed by atoms with van der Waals surface area (Å²) in [6, 6.07) is 3.61. The number of carbonyl (C=O) groups is 1. The van der Waals surface area contributed by atoms with Gasteiger partial charge in [0.05, 0.1) is 11.5 Å². The van der Waals surface area contributed by atoms with Crippen molar-refractivity contribution in [3.63, 3.8) is 0 Å². The molecule has 0 saturated carbocycles. The maximum Gasteiger partial charge on any atom is 0.174 e. The summed E-state index contributed by atoms with van der Waals surface area (Å²) in [5.41, 5.74) is 0. The molecule has 1 fully saturated rings. The number of rotatable bonds is 4. The van der Waals surface area contributed by atoms with Crippen molar-refractivity contribution in [2.75, 3.05) is 13.2 Å². The van der Waals surface area contributed by atoms with Crippen LogP contribution in [0.25, 0.3) is 0 Å². The number of Topliss-reactive ketones (excluding diaryl/α,β-unsaturated/α-hetero) is 1. The second kappa shape index (κ2) is 3.47. The van der Waals surface area contributed by atoms with Gasteiger partial charge in [-0.05, 0) is 19.1 Å². The Morgan fingerprint density at radius 1 is 1.77 bits per heavy atom. The third-order valence-corrected chi connectivity index (χ3v) is 2.84. The lowest BCUT2D eigenvalue weighted by molar-refractivity contribution is 0.102. The summed E-state index contributed by atoms with van der Waals surface area (Å²) in [4.78, 5) is 11.7. The fraction of sp³-hybridized carbons (Fsp3) is 0.444. The molecule has 3 nitrogen and oxygen atoms in total. The first kappa shape index (κ1) is 8.72. The molecule has 0 radical (unpaired) electrons. The summed E-state index contributed by atoms with van der Waals surface area (Å²) in [7, 11) is 0. The minimum absolute atomic E-state index is 0.0857. The number of ketones is 1. The van der Waals surface area contributed by atoms with Crippen molar-refractivity contribution >= 4 is 17.1 Å². The second-order valence-corrected chi connectivity index (χ2v) is 3.99. The molecule has 1 saturated heterocycles. The average Bonchev–Trinajstić information content (AvgIpc) is 2.79. The van der Waals surface area contributed by atoms with Crippen LogP contribution in [-0.2, 0) is 4.74 Å². The number of thiophene rings is 1. The van der Waals surface area contributed by atoms with Crippen LogP contribution in [0.4, 0.5) is 0 Å². The summed E-state index contributed by atoms with van der Waals surface area (Å²) in [6.07, 6.45) is 0.267. The van der Waals surface area contributed by atoms with E-state index < -0.39 is 0 Å². The Labute approximate surface area is 80.3 Å². The molecule has 4 heteroatoms. The maximum atomic E-state index is 10.9. The molecule has 1 aromatic rings. The zero-order chi connectivity index (χ0) is 9.26. The molecule has 0 aromatic carbocycles. The van der Waals surface area contributed by atoms with Crippen molar-refractivity contribution in [1.82, 2.24) is 0 Å². The van der Waals surface area contributed by atoms with Crippen LogP contribution in [0.2, 0.25) is 0 Å². The number of ether oxygens (including phenoxy) is 2. The number of hydrogen-bond donors (Lipinski definition) is 0. The first-order chi connectivity index (χ1) is 6.25. The molecule has 0 aliphatic carbocycles. The smallest absolute Gasteiger partial charge is 0.174 e. The third kappa shape index (κ3) is 2.29. The van der Waals surface area contributed by atoms with Gasteiger partial charge in [-0.25, -0.2) is 0 Å². The van der Waals surface area contributed by atoms with Crippen molar-refractivity contribution in [1.29, 1.82) is 0 Å². The van der Waals surface area contributed by atoms with Crippen molar-refractivity contribution in [3.8, 4) is 5.06 Å². The van der Waals surface area contributed by atoms with Gasteiger partial charge in [-0.15, -0.1) is 0 Å². The Kier molecular flexibility index (Phi) is 2.33. The van der Waals surface area contributed by atoms with Crippen LogP contribution in [0.5, 0.6) is 5.06 Å². The van der Waals surface area contributed by atoms with E-state index in [0.29, 0.717) is 6.61 Å². The highest BCUT2D eigenvalue weighted by molar-refractivity contribution is 7.15. The first-order valence-electron chi connectivity index (χ1n) is 4.11. The molecule has 1 aliphatic heterocycles. The highest BCUT2D eigenvalue weighted by Crippen LogP contribution is 2.25. The van der Waals surface area contributed by atoms with E-state index in [2.05, 4.69) is 0 Å². The van der Waals surface area contributed by atoms with E-state index in [4.69, 9.17) is 9.47 Å². The molecule has 1 aromatic heterocycles. The normalized spacial score (nSPS) is 19.9. The molecule has 1 atom stereocenters. The van der Waals surface area contributed by atoms with E-state index >= 15 is 0 Å². The largest absolute Gasteiger partial charge is 0.481 e. The molecular formula is C9H10O3S. The van der Waals surface area contributed by atoms with E-state index in [1.807, 2.05) is 6.07 Å². The van der Waals surface area contributed by atoms with Gasteiger partial charge >= 0.3 is 0 Å². The van der Waals surface area contributed by atoms with Crippen LogP contribution in [0.3, 0.4) is 0 Å². The Morgan fingerprint density at radius 2 is 2.54 bits per heavy atom. The molecule has 2 rings (SSSR count). The molecule has 0 spiro atoms. The number of epoxide rings is 1. The van der Waals surface area contributed by atoms with Gasteiger partial charge in [-0.1, -0.05) is 11.3 Å². The molecule has 70 valence electrons.